The van der Waals surface area contributed by atoms with Gasteiger partial charge in [-0.3, -0.25) is 4.79 Å². The predicted octanol–water partition coefficient (Wildman–Crippen LogP) is 2.41. The average molecular weight is 358 g/mol. The summed E-state index contributed by atoms with van der Waals surface area (Å²) in [7, 11) is 0. The van der Waals surface area contributed by atoms with E-state index in [4.69, 9.17) is 4.74 Å². The average Bonchev–Trinajstić information content (AvgIpc) is 3.12. The monoisotopic (exact) mass is 358 g/mol. The van der Waals surface area contributed by atoms with E-state index in [-0.39, 0.29) is 23.6 Å². The number of aromatic nitrogens is 1. The van der Waals surface area contributed by atoms with Crippen molar-refractivity contribution in [3.8, 4) is 5.75 Å². The van der Waals surface area contributed by atoms with Crippen LogP contribution in [0.4, 0.5) is 4.39 Å². The summed E-state index contributed by atoms with van der Waals surface area (Å²) in [6.45, 7) is 3.93. The van der Waals surface area contributed by atoms with Crippen LogP contribution in [0.3, 0.4) is 0 Å². The third kappa shape index (κ3) is 2.59. The van der Waals surface area contributed by atoms with Crippen molar-refractivity contribution in [1.29, 1.82) is 0 Å². The van der Waals surface area contributed by atoms with E-state index in [9.17, 15) is 19.1 Å². The van der Waals surface area contributed by atoms with Crippen LogP contribution >= 0.6 is 0 Å². The van der Waals surface area contributed by atoms with Gasteiger partial charge in [0.25, 0.3) is 0 Å². The van der Waals surface area contributed by atoms with E-state index in [2.05, 4.69) is 5.32 Å². The summed E-state index contributed by atoms with van der Waals surface area (Å²) in [5, 5.41) is 12.6. The molecule has 0 spiro atoms. The molecular weight excluding hydrogens is 339 g/mol. The Hall–Kier alpha value is -2.67. The fraction of sp³-hybridized carbons (Fsp3) is 0.368. The summed E-state index contributed by atoms with van der Waals surface area (Å²) in [6, 6.07) is 0.961. The third-order valence-electron chi connectivity index (χ3n) is 5.07. The van der Waals surface area contributed by atoms with Gasteiger partial charge in [0.05, 0.1) is 22.5 Å². The zero-order valence-corrected chi connectivity index (χ0v) is 14.3. The zero-order chi connectivity index (χ0) is 18.4. The Morgan fingerprint density at radius 3 is 3.00 bits per heavy atom. The summed E-state index contributed by atoms with van der Waals surface area (Å²) in [5.74, 6) is -1.28. The molecule has 0 aliphatic carbocycles. The standard InChI is InChI=1S/C19H19FN2O4/c1-10-9-26-18-12(3-2-11-4-5-21-7-11)15(20)6-13-16(18)22(10)8-14(17(13)23)19(24)25/h2-3,6,8,10-11,21H,4-5,7,9H2,1H3,(H,24,25)/b3-2+/t10-,11+/m0/s1. The van der Waals surface area contributed by atoms with E-state index in [1.807, 2.05) is 13.0 Å². The predicted molar refractivity (Wildman–Crippen MR) is 95.3 cm³/mol. The van der Waals surface area contributed by atoms with Crippen LogP contribution in [-0.4, -0.2) is 35.3 Å². The molecule has 2 atom stereocenters. The van der Waals surface area contributed by atoms with Gasteiger partial charge in [0.2, 0.25) is 5.43 Å². The lowest BCUT2D eigenvalue weighted by atomic mass is 10.0. The molecule has 2 aromatic rings. The number of ether oxygens (including phenoxy) is 1. The van der Waals surface area contributed by atoms with Gasteiger partial charge >= 0.3 is 5.97 Å². The molecule has 0 bridgehead atoms. The van der Waals surface area contributed by atoms with Crippen molar-refractivity contribution in [3.63, 3.8) is 0 Å². The van der Waals surface area contributed by atoms with E-state index in [1.165, 1.54) is 6.20 Å². The van der Waals surface area contributed by atoms with Gasteiger partial charge in [0.15, 0.2) is 5.75 Å². The lowest BCUT2D eigenvalue weighted by Gasteiger charge is -2.28. The van der Waals surface area contributed by atoms with Crippen LogP contribution in [0.1, 0.15) is 35.3 Å². The van der Waals surface area contributed by atoms with E-state index in [1.54, 1.807) is 10.6 Å². The van der Waals surface area contributed by atoms with Gasteiger partial charge in [-0.1, -0.05) is 12.2 Å². The summed E-state index contributed by atoms with van der Waals surface area (Å²) < 4.78 is 22.2. The fourth-order valence-corrected chi connectivity index (χ4v) is 3.63. The van der Waals surface area contributed by atoms with Crippen molar-refractivity contribution in [1.82, 2.24) is 9.88 Å². The van der Waals surface area contributed by atoms with Crippen molar-refractivity contribution < 1.29 is 19.0 Å². The molecule has 136 valence electrons. The van der Waals surface area contributed by atoms with Crippen LogP contribution in [0, 0.1) is 11.7 Å². The van der Waals surface area contributed by atoms with Gasteiger partial charge in [-0.2, -0.15) is 0 Å². The number of pyridine rings is 1. The number of benzene rings is 1. The second kappa shape index (κ2) is 6.25. The molecule has 2 aliphatic rings. The van der Waals surface area contributed by atoms with Gasteiger partial charge in [-0.05, 0) is 31.9 Å². The van der Waals surface area contributed by atoms with Gasteiger partial charge in [0.1, 0.15) is 18.0 Å². The van der Waals surface area contributed by atoms with E-state index in [0.717, 1.165) is 25.6 Å². The summed E-state index contributed by atoms with van der Waals surface area (Å²) in [5.41, 5.74) is -0.314. The number of hydrogen-bond acceptors (Lipinski definition) is 4. The number of carboxylic acid groups (broad SMARTS) is 1. The molecule has 26 heavy (non-hydrogen) atoms. The molecule has 0 unspecified atom stereocenters. The molecule has 1 fully saturated rings. The molecule has 6 nitrogen and oxygen atoms in total. The number of carboxylic acids is 1. The molecule has 1 aromatic carbocycles. The SMILES string of the molecule is C[C@H]1COc2c(/C=C/[C@@H]3CCNC3)c(F)cc3c(=O)c(C(=O)O)cn1c23. The normalized spacial score (nSPS) is 22.1. The minimum Gasteiger partial charge on any atom is -0.488 e. The quantitative estimate of drug-likeness (QED) is 0.881. The number of rotatable bonds is 3. The maximum atomic E-state index is 14.8. The number of halogens is 1. The van der Waals surface area contributed by atoms with Crippen molar-refractivity contribution in [3.05, 3.63) is 45.5 Å². The molecular formula is C19H19FN2O4. The Labute approximate surface area is 148 Å². The number of nitrogens with one attached hydrogen (secondary N) is 1. The smallest absolute Gasteiger partial charge is 0.341 e. The summed E-state index contributed by atoms with van der Waals surface area (Å²) >= 11 is 0. The Bertz CT molecular complexity index is 989. The molecule has 0 saturated carbocycles. The largest absolute Gasteiger partial charge is 0.488 e. The van der Waals surface area contributed by atoms with E-state index in [0.29, 0.717) is 22.7 Å². The molecule has 0 radical (unpaired) electrons. The summed E-state index contributed by atoms with van der Waals surface area (Å²) in [6.07, 6.45) is 5.98. The molecule has 0 amide bonds. The second-order valence-corrected chi connectivity index (χ2v) is 6.85. The Kier molecular flexibility index (Phi) is 4.03. The number of nitrogens with zero attached hydrogens (tertiary/aromatic N) is 1. The first-order valence-electron chi connectivity index (χ1n) is 8.63. The van der Waals surface area contributed by atoms with Gasteiger partial charge in [-0.25, -0.2) is 9.18 Å². The Balaban J connectivity index is 1.97. The molecule has 7 heteroatoms. The Morgan fingerprint density at radius 2 is 2.31 bits per heavy atom. The highest BCUT2D eigenvalue weighted by atomic mass is 19.1. The van der Waals surface area contributed by atoms with E-state index >= 15 is 0 Å². The molecule has 3 heterocycles. The highest BCUT2D eigenvalue weighted by Crippen LogP contribution is 2.37. The minimum absolute atomic E-state index is 0.0311. The highest BCUT2D eigenvalue weighted by molar-refractivity contribution is 5.96. The van der Waals surface area contributed by atoms with Crippen molar-refractivity contribution in [2.75, 3.05) is 19.7 Å². The van der Waals surface area contributed by atoms with Gasteiger partial charge in [-0.15, -0.1) is 0 Å². The molecule has 4 rings (SSSR count). The topological polar surface area (TPSA) is 80.6 Å². The molecule has 2 N–H and O–H groups in total. The summed E-state index contributed by atoms with van der Waals surface area (Å²) in [4.78, 5) is 23.9. The van der Waals surface area contributed by atoms with Crippen molar-refractivity contribution in [2.45, 2.75) is 19.4 Å². The van der Waals surface area contributed by atoms with Crippen LogP contribution in [0.2, 0.25) is 0 Å². The van der Waals surface area contributed by atoms with Crippen molar-refractivity contribution >= 4 is 22.9 Å². The van der Waals surface area contributed by atoms with Crippen LogP contribution in [0.15, 0.2) is 23.1 Å². The number of aromatic carboxylic acids is 1. The van der Waals surface area contributed by atoms with Gasteiger partial charge < -0.3 is 19.7 Å². The van der Waals surface area contributed by atoms with Crippen molar-refractivity contribution in [2.24, 2.45) is 5.92 Å². The number of hydrogen-bond donors (Lipinski definition) is 2. The molecule has 1 aromatic heterocycles. The third-order valence-corrected chi connectivity index (χ3v) is 5.07. The zero-order valence-electron chi connectivity index (χ0n) is 14.3. The minimum atomic E-state index is -1.32. The van der Waals surface area contributed by atoms with Crippen LogP contribution < -0.4 is 15.5 Å². The Morgan fingerprint density at radius 1 is 1.50 bits per heavy atom. The molecule has 1 saturated heterocycles. The van der Waals surface area contributed by atoms with Crippen LogP contribution in [0.25, 0.3) is 17.0 Å². The lowest BCUT2D eigenvalue weighted by Crippen LogP contribution is -2.27. The fourth-order valence-electron chi connectivity index (χ4n) is 3.63. The first-order chi connectivity index (χ1) is 12.5. The van der Waals surface area contributed by atoms with Gasteiger partial charge in [0, 0.05) is 12.7 Å². The maximum absolute atomic E-state index is 14.8. The highest BCUT2D eigenvalue weighted by Gasteiger charge is 2.27. The maximum Gasteiger partial charge on any atom is 0.341 e. The van der Waals surface area contributed by atoms with E-state index < -0.39 is 17.2 Å². The number of carbonyl (C=O) groups is 1. The molecule has 2 aliphatic heterocycles. The van der Waals surface area contributed by atoms with Crippen LogP contribution in [-0.2, 0) is 0 Å². The lowest BCUT2D eigenvalue weighted by molar-refractivity contribution is 0.0694. The first kappa shape index (κ1) is 16.8. The van der Waals surface area contributed by atoms with Crippen LogP contribution in [0.5, 0.6) is 5.75 Å². The first-order valence-corrected chi connectivity index (χ1v) is 8.63. The second-order valence-electron chi connectivity index (χ2n) is 6.85.